The first kappa shape index (κ1) is 22.6. The predicted molar refractivity (Wildman–Crippen MR) is 128 cm³/mol. The van der Waals surface area contributed by atoms with Crippen molar-refractivity contribution in [1.29, 1.82) is 0 Å². The monoisotopic (exact) mass is 505 g/mol. The summed E-state index contributed by atoms with van der Waals surface area (Å²) in [6, 6.07) is 2.98. The Morgan fingerprint density at radius 3 is 2.68 bits per heavy atom. The van der Waals surface area contributed by atoms with E-state index in [1.54, 1.807) is 17.9 Å². The van der Waals surface area contributed by atoms with E-state index in [0.717, 1.165) is 22.1 Å². The summed E-state index contributed by atoms with van der Waals surface area (Å²) in [6.07, 6.45) is -1.24. The Labute approximate surface area is 210 Å². The maximum atomic E-state index is 15.0. The van der Waals surface area contributed by atoms with Gasteiger partial charge in [0.2, 0.25) is 5.91 Å². The van der Waals surface area contributed by atoms with Crippen LogP contribution in [0, 0.1) is 12.7 Å². The number of benzene rings is 1. The summed E-state index contributed by atoms with van der Waals surface area (Å²) in [6.45, 7) is 3.84. The summed E-state index contributed by atoms with van der Waals surface area (Å²) in [5.41, 5.74) is 3.44. The van der Waals surface area contributed by atoms with Crippen LogP contribution in [0.25, 0.3) is 22.3 Å². The SMILES string of the molecule is Cc1c(F)cc2nc3c(c4c2c1CCC4(C)N1CC(O)CC1=O)Cn1c-3cc2c(c1=O)COC(=O)[C@H]2O. The highest BCUT2D eigenvalue weighted by Gasteiger charge is 2.48. The number of rotatable bonds is 1. The van der Waals surface area contributed by atoms with E-state index in [2.05, 4.69) is 0 Å². The second-order valence-electron chi connectivity index (χ2n) is 10.7. The zero-order chi connectivity index (χ0) is 26.0. The summed E-state index contributed by atoms with van der Waals surface area (Å²) in [7, 11) is 0. The van der Waals surface area contributed by atoms with Crippen LogP contribution in [-0.2, 0) is 39.4 Å². The van der Waals surface area contributed by atoms with Crippen LogP contribution in [0.5, 0.6) is 0 Å². The lowest BCUT2D eigenvalue weighted by Crippen LogP contribution is -2.47. The lowest BCUT2D eigenvalue weighted by molar-refractivity contribution is -0.157. The Bertz CT molecular complexity index is 1660. The van der Waals surface area contributed by atoms with Gasteiger partial charge in [-0.3, -0.25) is 9.59 Å². The minimum Gasteiger partial charge on any atom is -0.458 e. The van der Waals surface area contributed by atoms with Crippen LogP contribution in [0.1, 0.15) is 59.3 Å². The fraction of sp³-hybridized carbons (Fsp3) is 0.407. The highest BCUT2D eigenvalue weighted by Crippen LogP contribution is 2.50. The highest BCUT2D eigenvalue weighted by molar-refractivity contribution is 5.94. The Morgan fingerprint density at radius 2 is 1.95 bits per heavy atom. The Kier molecular flexibility index (Phi) is 4.41. The molecule has 0 spiro atoms. The van der Waals surface area contributed by atoms with Crippen molar-refractivity contribution >= 4 is 22.8 Å². The molecule has 2 N–H and O–H groups in total. The first-order chi connectivity index (χ1) is 17.6. The molecule has 37 heavy (non-hydrogen) atoms. The molecule has 4 aliphatic rings. The number of β-amino-alcohol motifs (C(OH)–C–C–N with tert-alkyl or cyclic N) is 1. The number of nitrogens with zero attached hydrogens (tertiary/aromatic N) is 3. The topological polar surface area (TPSA) is 122 Å². The number of aliphatic hydroxyl groups excluding tert-OH is 2. The second-order valence-corrected chi connectivity index (χ2v) is 10.7. The lowest BCUT2D eigenvalue weighted by Gasteiger charge is -2.44. The fourth-order valence-electron chi connectivity index (χ4n) is 6.77. The summed E-state index contributed by atoms with van der Waals surface area (Å²) in [5.74, 6) is -1.36. The van der Waals surface area contributed by atoms with Crippen LogP contribution in [0.3, 0.4) is 0 Å². The van der Waals surface area contributed by atoms with Crippen molar-refractivity contribution in [2.45, 2.75) is 64.0 Å². The van der Waals surface area contributed by atoms with Gasteiger partial charge in [0.25, 0.3) is 5.56 Å². The van der Waals surface area contributed by atoms with Gasteiger partial charge in [-0.1, -0.05) is 0 Å². The molecule has 190 valence electrons. The van der Waals surface area contributed by atoms with Crippen LogP contribution in [-0.4, -0.2) is 49.2 Å². The number of hydrogen-bond donors (Lipinski definition) is 2. The molecule has 9 nitrogen and oxygen atoms in total. The number of amides is 1. The number of aryl methyl sites for hydroxylation is 1. The number of esters is 1. The van der Waals surface area contributed by atoms with Gasteiger partial charge in [0.15, 0.2) is 6.10 Å². The van der Waals surface area contributed by atoms with Crippen molar-refractivity contribution in [3.8, 4) is 11.4 Å². The zero-order valence-corrected chi connectivity index (χ0v) is 20.3. The van der Waals surface area contributed by atoms with E-state index in [0.29, 0.717) is 35.3 Å². The number of likely N-dealkylation sites (tertiary alicyclic amines) is 1. The Morgan fingerprint density at radius 1 is 1.16 bits per heavy atom. The van der Waals surface area contributed by atoms with Gasteiger partial charge >= 0.3 is 5.97 Å². The number of fused-ring (bicyclic) bond motifs is 5. The lowest BCUT2D eigenvalue weighted by atomic mass is 9.73. The van der Waals surface area contributed by atoms with Crippen molar-refractivity contribution in [1.82, 2.24) is 14.5 Å². The third kappa shape index (κ3) is 2.79. The maximum absolute atomic E-state index is 15.0. The molecule has 5 heterocycles. The van der Waals surface area contributed by atoms with Crippen LogP contribution in [0.4, 0.5) is 4.39 Å². The van der Waals surface area contributed by atoms with Gasteiger partial charge in [0.05, 0.1) is 47.1 Å². The minimum atomic E-state index is -1.58. The standard InChI is InChI=1S/C27H24FN3O6/c1-11-13-3-4-27(2,31-8-12(32)5-20(31)33)22-15-9-30-19(23(15)29-18(21(13)22)7-17(11)28)6-14-16(25(30)35)10-37-26(36)24(14)34/h6-7,12,24,32,34H,3-5,8-10H2,1-2H3/t12?,24-,27?/m0/s1. The maximum Gasteiger partial charge on any atom is 0.340 e. The molecule has 2 aromatic heterocycles. The first-order valence-electron chi connectivity index (χ1n) is 12.4. The molecule has 1 fully saturated rings. The molecular formula is C27H24FN3O6. The van der Waals surface area contributed by atoms with E-state index in [9.17, 15) is 24.6 Å². The van der Waals surface area contributed by atoms with Gasteiger partial charge in [-0.05, 0) is 49.4 Å². The molecule has 0 bridgehead atoms. The number of pyridine rings is 2. The van der Waals surface area contributed by atoms with Crippen LogP contribution in [0.2, 0.25) is 0 Å². The quantitative estimate of drug-likeness (QED) is 0.378. The van der Waals surface area contributed by atoms with Crippen molar-refractivity contribution in [3.05, 3.63) is 61.7 Å². The molecule has 7 rings (SSSR count). The number of carbonyl (C=O) groups excluding carboxylic acids is 2. The van der Waals surface area contributed by atoms with E-state index in [1.165, 1.54) is 10.6 Å². The number of cyclic esters (lactones) is 1. The average molecular weight is 506 g/mol. The van der Waals surface area contributed by atoms with Gasteiger partial charge in [0, 0.05) is 29.1 Å². The molecule has 3 aromatic rings. The highest BCUT2D eigenvalue weighted by atomic mass is 19.1. The number of aliphatic hydroxyl groups is 2. The van der Waals surface area contributed by atoms with E-state index in [1.807, 2.05) is 6.92 Å². The van der Waals surface area contributed by atoms with E-state index < -0.39 is 23.7 Å². The number of hydrogen-bond acceptors (Lipinski definition) is 7. The van der Waals surface area contributed by atoms with Crippen LogP contribution < -0.4 is 5.56 Å². The van der Waals surface area contributed by atoms with Gasteiger partial charge in [-0.2, -0.15) is 0 Å². The molecule has 0 saturated carbocycles. The Balaban J connectivity index is 1.56. The third-order valence-corrected chi connectivity index (χ3v) is 8.67. The number of carbonyl (C=O) groups is 2. The molecule has 1 aliphatic carbocycles. The van der Waals surface area contributed by atoms with E-state index in [4.69, 9.17) is 9.72 Å². The number of aromatic nitrogens is 2. The van der Waals surface area contributed by atoms with Gasteiger partial charge in [0.1, 0.15) is 12.4 Å². The average Bonchev–Trinajstić information content (AvgIpc) is 3.40. The van der Waals surface area contributed by atoms with Crippen LogP contribution >= 0.6 is 0 Å². The number of ether oxygens (including phenoxy) is 1. The summed E-state index contributed by atoms with van der Waals surface area (Å²) in [5, 5.41) is 21.5. The molecule has 1 amide bonds. The second kappa shape index (κ2) is 7.23. The van der Waals surface area contributed by atoms with Crippen molar-refractivity contribution in [3.63, 3.8) is 0 Å². The molecule has 1 aromatic carbocycles. The molecule has 3 atom stereocenters. The van der Waals surface area contributed by atoms with Gasteiger partial charge < -0.3 is 24.4 Å². The van der Waals surface area contributed by atoms with Gasteiger partial charge in [-0.15, -0.1) is 0 Å². The smallest absolute Gasteiger partial charge is 0.340 e. The normalized spacial score (nSPS) is 25.8. The van der Waals surface area contributed by atoms with Crippen LogP contribution in [0.15, 0.2) is 16.9 Å². The first-order valence-corrected chi connectivity index (χ1v) is 12.4. The van der Waals surface area contributed by atoms with Crippen molar-refractivity contribution < 1.29 is 28.9 Å². The predicted octanol–water partition coefficient (Wildman–Crippen LogP) is 1.72. The number of halogens is 1. The molecule has 3 aliphatic heterocycles. The summed E-state index contributed by atoms with van der Waals surface area (Å²) >= 11 is 0. The van der Waals surface area contributed by atoms with E-state index >= 15 is 4.39 Å². The third-order valence-electron chi connectivity index (χ3n) is 8.67. The molecule has 2 unspecified atom stereocenters. The molecular weight excluding hydrogens is 481 g/mol. The fourth-order valence-corrected chi connectivity index (χ4v) is 6.77. The van der Waals surface area contributed by atoms with E-state index in [-0.39, 0.29) is 54.5 Å². The Hall–Kier alpha value is -3.63. The van der Waals surface area contributed by atoms with Gasteiger partial charge in [-0.25, -0.2) is 14.2 Å². The minimum absolute atomic E-state index is 0.0413. The zero-order valence-electron chi connectivity index (χ0n) is 20.3. The largest absolute Gasteiger partial charge is 0.458 e. The van der Waals surface area contributed by atoms with Crippen molar-refractivity contribution in [2.24, 2.45) is 0 Å². The van der Waals surface area contributed by atoms with Crippen molar-refractivity contribution in [2.75, 3.05) is 6.54 Å². The molecule has 10 heteroatoms. The summed E-state index contributed by atoms with van der Waals surface area (Å²) < 4.78 is 21.5. The summed E-state index contributed by atoms with van der Waals surface area (Å²) in [4.78, 5) is 45.0. The molecule has 1 saturated heterocycles. The molecule has 0 radical (unpaired) electrons.